The van der Waals surface area contributed by atoms with Gasteiger partial charge in [-0.15, -0.1) is 0 Å². The highest BCUT2D eigenvalue weighted by Crippen LogP contribution is 2.30. The number of methoxy groups -OCH3 is 2. The van der Waals surface area contributed by atoms with Crippen molar-refractivity contribution in [3.8, 4) is 11.5 Å². The van der Waals surface area contributed by atoms with Crippen LogP contribution in [-0.4, -0.2) is 26.0 Å². The summed E-state index contributed by atoms with van der Waals surface area (Å²) < 4.78 is 10.8. The van der Waals surface area contributed by atoms with Gasteiger partial charge in [-0.25, -0.2) is 4.99 Å². The molecule has 140 valence electrons. The van der Waals surface area contributed by atoms with Gasteiger partial charge in [0.1, 0.15) is 28.6 Å². The summed E-state index contributed by atoms with van der Waals surface area (Å²) in [6.07, 6.45) is 1.77. The van der Waals surface area contributed by atoms with E-state index in [4.69, 9.17) is 9.47 Å². The van der Waals surface area contributed by atoms with E-state index >= 15 is 0 Å². The Bertz CT molecular complexity index is 897. The first-order valence-corrected chi connectivity index (χ1v) is 8.77. The van der Waals surface area contributed by atoms with Crippen LogP contribution in [0.3, 0.4) is 0 Å². The molecule has 1 aliphatic heterocycles. The molecule has 3 rings (SSSR count). The van der Waals surface area contributed by atoms with E-state index < -0.39 is 0 Å². The van der Waals surface area contributed by atoms with Crippen LogP contribution in [-0.2, 0) is 10.2 Å². The van der Waals surface area contributed by atoms with Crippen LogP contribution in [0.25, 0.3) is 6.08 Å². The second kappa shape index (κ2) is 7.27. The number of aliphatic imine (C=N–C) groups is 1. The smallest absolute Gasteiger partial charge is 0.275 e. The van der Waals surface area contributed by atoms with E-state index in [2.05, 4.69) is 43.2 Å². The minimum absolute atomic E-state index is 0.0855. The van der Waals surface area contributed by atoms with Gasteiger partial charge in [-0.3, -0.25) is 4.79 Å². The Morgan fingerprint density at radius 2 is 1.56 bits per heavy atom. The minimum atomic E-state index is -0.252. The van der Waals surface area contributed by atoms with Crippen LogP contribution >= 0.6 is 0 Å². The second-order valence-electron chi connectivity index (χ2n) is 7.35. The van der Waals surface area contributed by atoms with E-state index in [-0.39, 0.29) is 11.3 Å². The van der Waals surface area contributed by atoms with Crippen LogP contribution in [0.15, 0.2) is 53.2 Å². The number of carbonyl (C=O) groups excluding carboxylic acids is 1. The molecule has 0 aliphatic carbocycles. The van der Waals surface area contributed by atoms with E-state index in [1.807, 2.05) is 18.2 Å². The lowest BCUT2D eigenvalue weighted by molar-refractivity contribution is -0.115. The Labute approximate surface area is 159 Å². The summed E-state index contributed by atoms with van der Waals surface area (Å²) in [4.78, 5) is 16.9. The van der Waals surface area contributed by atoms with Gasteiger partial charge in [-0.1, -0.05) is 51.1 Å². The fourth-order valence-corrected chi connectivity index (χ4v) is 2.91. The van der Waals surface area contributed by atoms with Crippen molar-refractivity contribution < 1.29 is 14.3 Å². The van der Waals surface area contributed by atoms with Crippen LogP contribution in [0.1, 0.15) is 37.5 Å². The average Bonchev–Trinajstić information content (AvgIpc) is 3.00. The number of hydrogen-bond donors (Lipinski definition) is 1. The molecule has 5 nitrogen and oxygen atoms in total. The number of nitrogens with zero attached hydrogens (tertiary/aromatic N) is 1. The molecule has 0 saturated heterocycles. The molecule has 0 spiro atoms. The molecule has 1 N–H and O–H groups in total. The molecule has 1 aliphatic rings. The Morgan fingerprint density at radius 3 is 2.07 bits per heavy atom. The molecule has 2 aromatic rings. The monoisotopic (exact) mass is 364 g/mol. The Balaban J connectivity index is 1.97. The van der Waals surface area contributed by atoms with Gasteiger partial charge >= 0.3 is 0 Å². The predicted octanol–water partition coefficient (Wildman–Crippen LogP) is 3.92. The number of amides is 1. The van der Waals surface area contributed by atoms with Crippen molar-refractivity contribution in [1.29, 1.82) is 0 Å². The number of rotatable bonds is 4. The fraction of sp³-hybridized carbons (Fsp3) is 0.273. The summed E-state index contributed by atoms with van der Waals surface area (Å²) in [5.74, 6) is 1.35. The molecule has 0 saturated carbocycles. The number of benzene rings is 2. The number of nitrogens with one attached hydrogen (secondary N) is 1. The zero-order valence-electron chi connectivity index (χ0n) is 16.3. The fourth-order valence-electron chi connectivity index (χ4n) is 2.91. The van der Waals surface area contributed by atoms with Gasteiger partial charge in [0.05, 0.1) is 14.2 Å². The maximum Gasteiger partial charge on any atom is 0.275 e. The van der Waals surface area contributed by atoms with E-state index in [1.165, 1.54) is 5.56 Å². The molecule has 0 fully saturated rings. The predicted molar refractivity (Wildman–Crippen MR) is 107 cm³/mol. The largest absolute Gasteiger partial charge is 0.496 e. The Kier molecular flexibility index (Phi) is 5.04. The highest BCUT2D eigenvalue weighted by atomic mass is 16.5. The third kappa shape index (κ3) is 3.87. The SMILES string of the molecule is COc1cccc(OC)c1C1=N/C(=C/c2ccc(C(C)(C)C)cc2)C(=O)N1. The molecule has 0 atom stereocenters. The number of ether oxygens (including phenoxy) is 2. The van der Waals surface area contributed by atoms with Crippen molar-refractivity contribution in [2.75, 3.05) is 14.2 Å². The van der Waals surface area contributed by atoms with Gasteiger partial charge in [0.2, 0.25) is 0 Å². The van der Waals surface area contributed by atoms with Crippen molar-refractivity contribution in [1.82, 2.24) is 5.32 Å². The summed E-state index contributed by atoms with van der Waals surface area (Å²) in [7, 11) is 3.15. The molecule has 2 aromatic carbocycles. The lowest BCUT2D eigenvalue weighted by Gasteiger charge is -2.18. The van der Waals surface area contributed by atoms with E-state index in [0.717, 1.165) is 5.56 Å². The van der Waals surface area contributed by atoms with Gasteiger partial charge in [0.15, 0.2) is 0 Å². The van der Waals surface area contributed by atoms with Crippen molar-refractivity contribution in [3.63, 3.8) is 0 Å². The van der Waals surface area contributed by atoms with Gasteiger partial charge < -0.3 is 14.8 Å². The molecular formula is C22H24N2O3. The van der Waals surface area contributed by atoms with Crippen LogP contribution in [0.2, 0.25) is 0 Å². The molecule has 1 heterocycles. The Hall–Kier alpha value is -3.08. The summed E-state index contributed by atoms with van der Waals surface area (Å²) in [6.45, 7) is 6.51. The first kappa shape index (κ1) is 18.7. The van der Waals surface area contributed by atoms with Gasteiger partial charge in [-0.2, -0.15) is 0 Å². The zero-order valence-corrected chi connectivity index (χ0v) is 16.3. The lowest BCUT2D eigenvalue weighted by Crippen LogP contribution is -2.25. The normalized spacial score (nSPS) is 15.5. The molecule has 0 unspecified atom stereocenters. The number of carbonyl (C=O) groups is 1. The molecule has 1 amide bonds. The molecule has 27 heavy (non-hydrogen) atoms. The van der Waals surface area contributed by atoms with Crippen LogP contribution in [0.5, 0.6) is 11.5 Å². The highest BCUT2D eigenvalue weighted by Gasteiger charge is 2.26. The van der Waals surface area contributed by atoms with Crippen molar-refractivity contribution in [2.45, 2.75) is 26.2 Å². The molecular weight excluding hydrogens is 340 g/mol. The summed E-state index contributed by atoms with van der Waals surface area (Å²) in [5.41, 5.74) is 3.22. The second-order valence-corrected chi connectivity index (χ2v) is 7.35. The van der Waals surface area contributed by atoms with Crippen LogP contribution in [0, 0.1) is 0 Å². The molecule has 0 bridgehead atoms. The number of amidine groups is 1. The molecule has 0 aromatic heterocycles. The quantitative estimate of drug-likeness (QED) is 0.837. The first-order valence-electron chi connectivity index (χ1n) is 8.77. The summed E-state index contributed by atoms with van der Waals surface area (Å²) >= 11 is 0. The molecule has 0 radical (unpaired) electrons. The van der Waals surface area contributed by atoms with E-state index in [9.17, 15) is 4.79 Å². The average molecular weight is 364 g/mol. The standard InChI is InChI=1S/C22H24N2O3/c1-22(2,3)15-11-9-14(10-12-15)13-16-21(25)24-20(23-16)19-17(26-4)7-6-8-18(19)27-5/h6-13H,1-5H3,(H,23,24,25)/b16-13+. The summed E-state index contributed by atoms with van der Waals surface area (Å²) in [6, 6.07) is 13.6. The van der Waals surface area contributed by atoms with E-state index in [0.29, 0.717) is 28.6 Å². The van der Waals surface area contributed by atoms with Crippen molar-refractivity contribution in [3.05, 3.63) is 64.9 Å². The molecule has 5 heteroatoms. The summed E-state index contributed by atoms with van der Waals surface area (Å²) in [5, 5.41) is 2.81. The van der Waals surface area contributed by atoms with E-state index in [1.54, 1.807) is 32.4 Å². The highest BCUT2D eigenvalue weighted by molar-refractivity contribution is 6.21. The van der Waals surface area contributed by atoms with Crippen LogP contribution < -0.4 is 14.8 Å². The third-order valence-corrected chi connectivity index (χ3v) is 4.44. The Morgan fingerprint density at radius 1 is 0.963 bits per heavy atom. The van der Waals surface area contributed by atoms with Crippen molar-refractivity contribution in [2.24, 2.45) is 4.99 Å². The van der Waals surface area contributed by atoms with Crippen LogP contribution in [0.4, 0.5) is 0 Å². The topological polar surface area (TPSA) is 59.9 Å². The van der Waals surface area contributed by atoms with Gasteiger partial charge in [0.25, 0.3) is 5.91 Å². The maximum absolute atomic E-state index is 12.4. The first-order chi connectivity index (χ1) is 12.8. The van der Waals surface area contributed by atoms with Gasteiger partial charge in [0, 0.05) is 0 Å². The maximum atomic E-state index is 12.4. The number of hydrogen-bond acceptors (Lipinski definition) is 4. The zero-order chi connectivity index (χ0) is 19.6. The van der Waals surface area contributed by atoms with Crippen molar-refractivity contribution >= 4 is 17.8 Å². The third-order valence-electron chi connectivity index (χ3n) is 4.44. The van der Waals surface area contributed by atoms with Gasteiger partial charge in [-0.05, 0) is 34.8 Å². The lowest BCUT2D eigenvalue weighted by atomic mass is 9.87. The minimum Gasteiger partial charge on any atom is -0.496 e.